The highest BCUT2D eigenvalue weighted by Gasteiger charge is 2.24. The van der Waals surface area contributed by atoms with Gasteiger partial charge in [0.1, 0.15) is 18.9 Å². The highest BCUT2D eigenvalue weighted by Crippen LogP contribution is 2.39. The quantitative estimate of drug-likeness (QED) is 0.627. The Labute approximate surface area is 121 Å². The van der Waals surface area contributed by atoms with Gasteiger partial charge >= 0.3 is 0 Å². The maximum atomic E-state index is 11.9. The van der Waals surface area contributed by atoms with Gasteiger partial charge in [0.15, 0.2) is 11.5 Å². The molecule has 21 heavy (non-hydrogen) atoms. The van der Waals surface area contributed by atoms with Crippen LogP contribution in [0.3, 0.4) is 0 Å². The van der Waals surface area contributed by atoms with Crippen molar-refractivity contribution in [2.45, 2.75) is 25.8 Å². The molecule has 1 amide bonds. The lowest BCUT2D eigenvalue weighted by Crippen LogP contribution is -2.35. The van der Waals surface area contributed by atoms with E-state index in [1.165, 1.54) is 12.1 Å². The number of nitro groups is 1. The molecule has 3 N–H and O–H groups in total. The number of carbonyl (C=O) groups excluding carboxylic acids is 1. The van der Waals surface area contributed by atoms with Crippen LogP contribution < -0.4 is 20.5 Å². The lowest BCUT2D eigenvalue weighted by Gasteiger charge is -2.19. The van der Waals surface area contributed by atoms with Crippen molar-refractivity contribution in [2.24, 2.45) is 5.73 Å². The molecule has 1 unspecified atom stereocenters. The monoisotopic (exact) mass is 295 g/mol. The number of nitrogens with zero attached hydrogens (tertiary/aromatic N) is 1. The van der Waals surface area contributed by atoms with Gasteiger partial charge in [0.05, 0.1) is 17.0 Å². The molecule has 0 spiro atoms. The lowest BCUT2D eigenvalue weighted by molar-refractivity contribution is -0.384. The van der Waals surface area contributed by atoms with Gasteiger partial charge in [0.25, 0.3) is 5.69 Å². The second kappa shape index (κ2) is 6.40. The molecule has 8 nitrogen and oxygen atoms in total. The summed E-state index contributed by atoms with van der Waals surface area (Å²) in [6.07, 6.45) is 1.25. The predicted octanol–water partition coefficient (Wildman–Crippen LogP) is 1.43. The third-order valence-electron chi connectivity index (χ3n) is 3.05. The zero-order valence-electron chi connectivity index (χ0n) is 11.6. The van der Waals surface area contributed by atoms with Crippen molar-refractivity contribution in [3.8, 4) is 11.5 Å². The third kappa shape index (κ3) is 3.40. The van der Waals surface area contributed by atoms with Crippen LogP contribution in [0.15, 0.2) is 12.1 Å². The first kappa shape index (κ1) is 15.0. The van der Waals surface area contributed by atoms with E-state index in [2.05, 4.69) is 5.32 Å². The van der Waals surface area contributed by atoms with E-state index in [0.29, 0.717) is 31.1 Å². The van der Waals surface area contributed by atoms with Crippen LogP contribution in [0, 0.1) is 10.1 Å². The van der Waals surface area contributed by atoms with Crippen LogP contribution in [-0.2, 0) is 4.79 Å². The number of nitrogens with two attached hydrogens (primary N) is 1. The molecule has 0 radical (unpaired) electrons. The summed E-state index contributed by atoms with van der Waals surface area (Å²) in [5, 5.41) is 13.6. The second-order valence-electron chi connectivity index (χ2n) is 4.65. The third-order valence-corrected chi connectivity index (χ3v) is 3.05. The fraction of sp³-hybridized carbons (Fsp3) is 0.462. The first-order valence-electron chi connectivity index (χ1n) is 6.67. The molecule has 0 fully saturated rings. The zero-order chi connectivity index (χ0) is 15.4. The van der Waals surface area contributed by atoms with E-state index in [1.807, 2.05) is 6.92 Å². The summed E-state index contributed by atoms with van der Waals surface area (Å²) in [5.74, 6) is 0.201. The summed E-state index contributed by atoms with van der Waals surface area (Å²) in [7, 11) is 0. The Bertz CT molecular complexity index is 561. The smallest absolute Gasteiger partial charge is 0.296 e. The SMILES string of the molecule is CCCC(N)C(=O)Nc1cc2c(cc1[N+](=O)[O-])OCCO2. The summed E-state index contributed by atoms with van der Waals surface area (Å²) < 4.78 is 10.7. The highest BCUT2D eigenvalue weighted by atomic mass is 16.6. The van der Waals surface area contributed by atoms with Crippen LogP contribution in [0.25, 0.3) is 0 Å². The van der Waals surface area contributed by atoms with Crippen LogP contribution in [-0.4, -0.2) is 30.1 Å². The maximum Gasteiger partial charge on any atom is 0.296 e. The number of rotatable bonds is 5. The van der Waals surface area contributed by atoms with Gasteiger partial charge in [-0.05, 0) is 6.42 Å². The van der Waals surface area contributed by atoms with E-state index in [9.17, 15) is 14.9 Å². The summed E-state index contributed by atoms with van der Waals surface area (Å²) in [5.41, 5.74) is 5.50. The first-order valence-corrected chi connectivity index (χ1v) is 6.67. The molecule has 1 aliphatic heterocycles. The largest absolute Gasteiger partial charge is 0.486 e. The molecule has 1 aliphatic rings. The van der Waals surface area contributed by atoms with E-state index >= 15 is 0 Å². The molecule has 1 aromatic rings. The number of hydrogen-bond donors (Lipinski definition) is 2. The maximum absolute atomic E-state index is 11.9. The van der Waals surface area contributed by atoms with Gasteiger partial charge in [0, 0.05) is 6.07 Å². The topological polar surface area (TPSA) is 117 Å². The molecule has 2 rings (SSSR count). The molecule has 0 saturated heterocycles. The van der Waals surface area contributed by atoms with Crippen LogP contribution in [0.5, 0.6) is 11.5 Å². The van der Waals surface area contributed by atoms with Gasteiger partial charge in [-0.1, -0.05) is 13.3 Å². The van der Waals surface area contributed by atoms with E-state index in [-0.39, 0.29) is 11.4 Å². The molecule has 0 bridgehead atoms. The molecule has 0 aromatic heterocycles. The zero-order valence-corrected chi connectivity index (χ0v) is 11.6. The van der Waals surface area contributed by atoms with E-state index in [4.69, 9.17) is 15.2 Å². The number of hydrogen-bond acceptors (Lipinski definition) is 6. The highest BCUT2D eigenvalue weighted by molar-refractivity contribution is 5.97. The number of carbonyl (C=O) groups is 1. The predicted molar refractivity (Wildman–Crippen MR) is 75.6 cm³/mol. The van der Waals surface area contributed by atoms with Crippen molar-refractivity contribution in [2.75, 3.05) is 18.5 Å². The second-order valence-corrected chi connectivity index (χ2v) is 4.65. The number of nitrogens with one attached hydrogen (secondary N) is 1. The van der Waals surface area contributed by atoms with Gasteiger partial charge < -0.3 is 20.5 Å². The Morgan fingerprint density at radius 1 is 1.43 bits per heavy atom. The number of amides is 1. The number of ether oxygens (including phenoxy) is 2. The van der Waals surface area contributed by atoms with E-state index in [0.717, 1.165) is 6.42 Å². The molecule has 1 aromatic carbocycles. The summed E-state index contributed by atoms with van der Waals surface area (Å²) in [6, 6.07) is 1.93. The molecule has 114 valence electrons. The van der Waals surface area contributed by atoms with Crippen LogP contribution in [0.4, 0.5) is 11.4 Å². The van der Waals surface area contributed by atoms with Crippen LogP contribution >= 0.6 is 0 Å². The Kier molecular flexibility index (Phi) is 4.59. The molecular weight excluding hydrogens is 278 g/mol. The van der Waals surface area contributed by atoms with Gasteiger partial charge in [-0.3, -0.25) is 14.9 Å². The number of benzene rings is 1. The minimum absolute atomic E-state index is 0.0563. The lowest BCUT2D eigenvalue weighted by atomic mass is 10.1. The van der Waals surface area contributed by atoms with Crippen molar-refractivity contribution >= 4 is 17.3 Å². The van der Waals surface area contributed by atoms with Crippen molar-refractivity contribution in [3.63, 3.8) is 0 Å². The van der Waals surface area contributed by atoms with Crippen molar-refractivity contribution in [1.82, 2.24) is 0 Å². The van der Waals surface area contributed by atoms with Crippen LogP contribution in [0.2, 0.25) is 0 Å². The Hall–Kier alpha value is -2.35. The normalized spacial score (nSPS) is 14.4. The fourth-order valence-corrected chi connectivity index (χ4v) is 2.00. The minimum Gasteiger partial charge on any atom is -0.486 e. The Balaban J connectivity index is 2.28. The van der Waals surface area contributed by atoms with Gasteiger partial charge in [-0.2, -0.15) is 0 Å². The molecule has 1 heterocycles. The average Bonchev–Trinajstić information content (AvgIpc) is 2.46. The van der Waals surface area contributed by atoms with Crippen molar-refractivity contribution < 1.29 is 19.2 Å². The molecule has 0 aliphatic carbocycles. The van der Waals surface area contributed by atoms with Gasteiger partial charge in [0.2, 0.25) is 5.91 Å². The van der Waals surface area contributed by atoms with Gasteiger partial charge in [-0.15, -0.1) is 0 Å². The van der Waals surface area contributed by atoms with Crippen LogP contribution in [0.1, 0.15) is 19.8 Å². The first-order chi connectivity index (χ1) is 10.0. The van der Waals surface area contributed by atoms with Gasteiger partial charge in [-0.25, -0.2) is 0 Å². The van der Waals surface area contributed by atoms with Crippen molar-refractivity contribution in [3.05, 3.63) is 22.2 Å². The summed E-state index contributed by atoms with van der Waals surface area (Å²) in [4.78, 5) is 22.4. The minimum atomic E-state index is -0.706. The summed E-state index contributed by atoms with van der Waals surface area (Å²) >= 11 is 0. The van der Waals surface area contributed by atoms with Crippen molar-refractivity contribution in [1.29, 1.82) is 0 Å². The number of anilines is 1. The molecule has 0 saturated carbocycles. The molecule has 1 atom stereocenters. The van der Waals surface area contributed by atoms with E-state index in [1.54, 1.807) is 0 Å². The Morgan fingerprint density at radius 2 is 2.05 bits per heavy atom. The number of nitro benzene ring substituents is 1. The van der Waals surface area contributed by atoms with E-state index < -0.39 is 16.9 Å². The molecular formula is C13H17N3O5. The average molecular weight is 295 g/mol. The standard InChI is InChI=1S/C13H17N3O5/c1-2-3-8(14)13(17)15-9-6-11-12(21-5-4-20-11)7-10(9)16(18)19/h6-8H,2-5,14H2,1H3,(H,15,17). The summed E-state index contributed by atoms with van der Waals surface area (Å²) in [6.45, 7) is 2.59. The number of fused-ring (bicyclic) bond motifs is 1. The molecule has 8 heteroatoms. The fourth-order valence-electron chi connectivity index (χ4n) is 2.00. The Morgan fingerprint density at radius 3 is 2.62 bits per heavy atom.